The van der Waals surface area contributed by atoms with Crippen LogP contribution in [0.5, 0.6) is 5.75 Å². The molecule has 0 radical (unpaired) electrons. The molecule has 192 valence electrons. The van der Waals surface area contributed by atoms with E-state index in [1.165, 1.54) is 6.07 Å². The Morgan fingerprint density at radius 3 is 2.49 bits per heavy atom. The number of rotatable bonds is 9. The van der Waals surface area contributed by atoms with Crippen molar-refractivity contribution < 1.29 is 28.1 Å². The summed E-state index contributed by atoms with van der Waals surface area (Å²) in [6, 6.07) is 13.1. The normalized spacial score (nSPS) is 20.5. The quantitative estimate of drug-likeness (QED) is 0.252. The molecule has 1 unspecified atom stereocenters. The van der Waals surface area contributed by atoms with Gasteiger partial charge in [-0.05, 0) is 31.0 Å². The minimum atomic E-state index is -3.26. The van der Waals surface area contributed by atoms with Gasteiger partial charge in [-0.2, -0.15) is 15.0 Å². The van der Waals surface area contributed by atoms with E-state index in [0.717, 1.165) is 31.4 Å². The van der Waals surface area contributed by atoms with E-state index in [-0.39, 0.29) is 16.9 Å². The number of halogens is 1. The molecule has 2 aromatic carbocycles. The van der Waals surface area contributed by atoms with Crippen LogP contribution in [0.3, 0.4) is 0 Å². The highest BCUT2D eigenvalue weighted by Crippen LogP contribution is 2.62. The average Bonchev–Trinajstić information content (AvgIpc) is 2.93. The summed E-state index contributed by atoms with van der Waals surface area (Å²) in [7, 11) is 0.305. The minimum absolute atomic E-state index is 0.135. The zero-order chi connectivity index (χ0) is 25.8. The summed E-state index contributed by atoms with van der Waals surface area (Å²) in [4.78, 5) is 15.1. The van der Waals surface area contributed by atoms with Crippen LogP contribution in [0.15, 0.2) is 59.4 Å². The smallest absolute Gasteiger partial charge is 0.368 e. The van der Waals surface area contributed by atoms with Gasteiger partial charge in [0.15, 0.2) is 5.75 Å². The summed E-state index contributed by atoms with van der Waals surface area (Å²) in [5.41, 5.74) is 1.78. The van der Waals surface area contributed by atoms with Crippen molar-refractivity contribution in [1.29, 1.82) is 0 Å². The van der Waals surface area contributed by atoms with Crippen LogP contribution >= 0.6 is 10.6 Å². The molecule has 3 N–H and O–H groups in total. The minimum Gasteiger partial charge on any atom is -0.476 e. The predicted octanol–water partition coefficient (Wildman–Crippen LogP) is 6.87. The summed E-state index contributed by atoms with van der Waals surface area (Å²) < 4.78 is 42.1. The van der Waals surface area contributed by atoms with Crippen molar-refractivity contribution in [3.63, 3.8) is 0 Å². The van der Waals surface area contributed by atoms with Crippen molar-refractivity contribution in [3.8, 4) is 5.75 Å². The summed E-state index contributed by atoms with van der Waals surface area (Å²) in [6.07, 6.45) is 4.12. The summed E-state index contributed by atoms with van der Waals surface area (Å²) in [6.45, 7) is 4.82. The molecule has 35 heavy (non-hydrogen) atoms. The Morgan fingerprint density at radius 2 is 1.91 bits per heavy atom. The van der Waals surface area contributed by atoms with E-state index < -0.39 is 22.4 Å². The SMILES string of the molecule is CCCCC1(CC)CN(c2ccccc2)c2cc(N(C)C)c(OC=C(F)C(=O)O)cc2S(O)(O)C1. The van der Waals surface area contributed by atoms with Gasteiger partial charge in [-0.1, -0.05) is 44.9 Å². The maximum Gasteiger partial charge on any atom is 0.368 e. The third-order valence-corrected chi connectivity index (χ3v) is 8.58. The zero-order valence-corrected chi connectivity index (χ0v) is 21.5. The molecule has 0 aromatic heterocycles. The Hall–Kier alpha value is -2.75. The van der Waals surface area contributed by atoms with Gasteiger partial charge in [-0.15, -0.1) is 0 Å². The number of fused-ring (bicyclic) bond motifs is 1. The number of carboxylic acids is 1. The van der Waals surface area contributed by atoms with Crippen molar-refractivity contribution in [1.82, 2.24) is 0 Å². The number of anilines is 3. The second kappa shape index (κ2) is 10.9. The standard InChI is InChI=1S/C26H35FN2O5S/c1-5-7-13-26(6-2)17-29(19-11-9-8-10-12-19)22-14-21(28(3)4)23(34-16-20(27)25(30)31)15-24(22)35(32,33)18-26/h8-12,14-16,32-33H,5-7,13,17-18H2,1-4H3,(H,30,31). The molecule has 0 aliphatic carbocycles. The number of unbranched alkanes of at least 4 members (excludes halogenated alkanes) is 1. The van der Waals surface area contributed by atoms with Crippen molar-refractivity contribution in [2.45, 2.75) is 44.4 Å². The number of carboxylic acid groups (broad SMARTS) is 1. The van der Waals surface area contributed by atoms with Gasteiger partial charge in [-0.3, -0.25) is 9.11 Å². The fraction of sp³-hybridized carbons (Fsp3) is 0.423. The van der Waals surface area contributed by atoms with E-state index in [1.54, 1.807) is 25.1 Å². The third kappa shape index (κ3) is 5.91. The first-order chi connectivity index (χ1) is 16.5. The maximum atomic E-state index is 13.7. The Bertz CT molecular complexity index is 1080. The summed E-state index contributed by atoms with van der Waals surface area (Å²) in [5, 5.41) is 8.85. The van der Waals surface area contributed by atoms with E-state index in [2.05, 4.69) is 18.7 Å². The monoisotopic (exact) mass is 506 g/mol. The van der Waals surface area contributed by atoms with Gasteiger partial charge in [0.1, 0.15) is 6.26 Å². The van der Waals surface area contributed by atoms with Crippen LogP contribution in [0.4, 0.5) is 21.5 Å². The molecule has 1 heterocycles. The zero-order valence-electron chi connectivity index (χ0n) is 20.7. The van der Waals surface area contributed by atoms with E-state index in [1.807, 2.05) is 30.3 Å². The Labute approximate surface area is 208 Å². The molecule has 0 saturated carbocycles. The molecule has 9 heteroatoms. The molecular formula is C26H35FN2O5S. The van der Waals surface area contributed by atoms with Gasteiger partial charge >= 0.3 is 5.97 Å². The van der Waals surface area contributed by atoms with Crippen LogP contribution < -0.4 is 14.5 Å². The third-order valence-electron chi connectivity index (χ3n) is 6.54. The Balaban J connectivity index is 2.25. The molecule has 1 aliphatic rings. The number of hydrogen-bond donors (Lipinski definition) is 3. The number of hydrogen-bond acceptors (Lipinski definition) is 6. The lowest BCUT2D eigenvalue weighted by Crippen LogP contribution is -2.37. The molecular weight excluding hydrogens is 471 g/mol. The largest absolute Gasteiger partial charge is 0.476 e. The van der Waals surface area contributed by atoms with E-state index in [0.29, 0.717) is 29.1 Å². The predicted molar refractivity (Wildman–Crippen MR) is 140 cm³/mol. The van der Waals surface area contributed by atoms with Gasteiger partial charge in [0.2, 0.25) is 5.83 Å². The van der Waals surface area contributed by atoms with E-state index in [9.17, 15) is 18.3 Å². The van der Waals surface area contributed by atoms with E-state index >= 15 is 0 Å². The molecule has 0 saturated heterocycles. The highest BCUT2D eigenvalue weighted by molar-refractivity contribution is 8.24. The molecule has 1 aliphatic heterocycles. The first kappa shape index (κ1) is 26.8. The second-order valence-corrected chi connectivity index (χ2v) is 11.3. The molecule has 7 nitrogen and oxygen atoms in total. The molecule has 0 amide bonds. The Morgan fingerprint density at radius 1 is 1.23 bits per heavy atom. The van der Waals surface area contributed by atoms with Crippen molar-refractivity contribution in [3.05, 3.63) is 54.6 Å². The highest BCUT2D eigenvalue weighted by atomic mass is 32.3. The number of carbonyl (C=O) groups is 1. The molecule has 3 rings (SSSR count). The van der Waals surface area contributed by atoms with Crippen LogP contribution in [0.25, 0.3) is 0 Å². The molecule has 1 atom stereocenters. The lowest BCUT2D eigenvalue weighted by Gasteiger charge is -2.41. The Kier molecular flexibility index (Phi) is 8.35. The first-order valence-electron chi connectivity index (χ1n) is 11.7. The van der Waals surface area contributed by atoms with Crippen LogP contribution in [-0.4, -0.2) is 46.6 Å². The van der Waals surface area contributed by atoms with Gasteiger partial charge in [0.05, 0.1) is 16.3 Å². The van der Waals surface area contributed by atoms with Crippen LogP contribution in [-0.2, 0) is 4.79 Å². The first-order valence-corrected chi connectivity index (χ1v) is 13.4. The molecule has 0 bridgehead atoms. The topological polar surface area (TPSA) is 93.5 Å². The van der Waals surface area contributed by atoms with Crippen LogP contribution in [0.1, 0.15) is 39.5 Å². The van der Waals surface area contributed by atoms with Crippen molar-refractivity contribution >= 4 is 33.6 Å². The van der Waals surface area contributed by atoms with Crippen molar-refractivity contribution in [2.75, 3.05) is 36.2 Å². The average molecular weight is 507 g/mol. The fourth-order valence-electron chi connectivity index (χ4n) is 4.52. The number of benzene rings is 2. The van der Waals surface area contributed by atoms with Crippen LogP contribution in [0.2, 0.25) is 0 Å². The lowest BCUT2D eigenvalue weighted by atomic mass is 9.81. The molecule has 2 aromatic rings. The second-order valence-electron chi connectivity index (χ2n) is 9.26. The number of para-hydroxylation sites is 1. The summed E-state index contributed by atoms with van der Waals surface area (Å²) in [5.74, 6) is -2.86. The van der Waals surface area contributed by atoms with Gasteiger partial charge in [0.25, 0.3) is 0 Å². The number of ether oxygens (including phenoxy) is 1. The van der Waals surface area contributed by atoms with Crippen LogP contribution in [0, 0.1) is 5.41 Å². The lowest BCUT2D eigenvalue weighted by molar-refractivity contribution is -0.134. The number of nitrogens with zero attached hydrogens (tertiary/aromatic N) is 2. The maximum absolute atomic E-state index is 13.7. The van der Waals surface area contributed by atoms with Crippen molar-refractivity contribution in [2.24, 2.45) is 5.41 Å². The summed E-state index contributed by atoms with van der Waals surface area (Å²) >= 11 is 0. The van der Waals surface area contributed by atoms with Gasteiger partial charge in [-0.25, -0.2) is 4.79 Å². The van der Waals surface area contributed by atoms with E-state index in [4.69, 9.17) is 9.84 Å². The fourth-order valence-corrected chi connectivity index (χ4v) is 6.77. The molecule has 0 fully saturated rings. The molecule has 0 spiro atoms. The van der Waals surface area contributed by atoms with Gasteiger partial charge < -0.3 is 19.6 Å². The number of aliphatic carboxylic acids is 1. The highest BCUT2D eigenvalue weighted by Gasteiger charge is 2.42. The van der Waals surface area contributed by atoms with Gasteiger partial charge in [0, 0.05) is 43.6 Å².